The van der Waals surface area contributed by atoms with Gasteiger partial charge in [0.25, 0.3) is 11.7 Å². The summed E-state index contributed by atoms with van der Waals surface area (Å²) in [7, 11) is -4.13. The van der Waals surface area contributed by atoms with Crippen LogP contribution in [0.15, 0.2) is 53.4 Å². The van der Waals surface area contributed by atoms with E-state index in [9.17, 15) is 22.8 Å². The van der Waals surface area contributed by atoms with Gasteiger partial charge in [0.15, 0.2) is 0 Å². The minimum absolute atomic E-state index is 0.0310. The number of sulfonamides is 1. The summed E-state index contributed by atoms with van der Waals surface area (Å²) in [5.74, 6) is -2.46. The van der Waals surface area contributed by atoms with Crippen molar-refractivity contribution >= 4 is 33.3 Å². The van der Waals surface area contributed by atoms with Gasteiger partial charge in [-0.05, 0) is 30.2 Å². The van der Waals surface area contributed by atoms with Crippen molar-refractivity contribution < 1.29 is 22.8 Å². The van der Waals surface area contributed by atoms with Crippen LogP contribution in [-0.4, -0.2) is 32.1 Å². The number of carbonyl (C=O) groups is 3. The van der Waals surface area contributed by atoms with Gasteiger partial charge >= 0.3 is 0 Å². The molecule has 8 nitrogen and oxygen atoms in total. The van der Waals surface area contributed by atoms with Crippen LogP contribution in [0.4, 0.5) is 5.69 Å². The number of carbonyl (C=O) groups excluding carboxylic acids is 3. The minimum atomic E-state index is -4.13. The van der Waals surface area contributed by atoms with Crippen LogP contribution in [0.1, 0.15) is 15.9 Å². The highest BCUT2D eigenvalue weighted by Gasteiger charge is 2.31. The summed E-state index contributed by atoms with van der Waals surface area (Å²) in [6.07, 6.45) is 0.0827. The van der Waals surface area contributed by atoms with E-state index >= 15 is 0 Å². The molecule has 0 aromatic heterocycles. The molecular weight excluding hydrogens is 358 g/mol. The molecule has 0 saturated heterocycles. The summed E-state index contributed by atoms with van der Waals surface area (Å²) in [6, 6.07) is 11.3. The third kappa shape index (κ3) is 3.48. The fraction of sp³-hybridized carbons (Fsp3) is 0.118. The van der Waals surface area contributed by atoms with Crippen molar-refractivity contribution in [3.05, 3.63) is 59.7 Å². The molecule has 2 amide bonds. The number of rotatable bonds is 6. The van der Waals surface area contributed by atoms with E-state index in [1.807, 2.05) is 0 Å². The molecule has 134 valence electrons. The lowest BCUT2D eigenvalue weighted by atomic mass is 10.1. The largest absolute Gasteiger partial charge is 0.368 e. The van der Waals surface area contributed by atoms with Crippen molar-refractivity contribution in [2.45, 2.75) is 17.4 Å². The second kappa shape index (κ2) is 6.70. The first-order valence-electron chi connectivity index (χ1n) is 7.63. The van der Waals surface area contributed by atoms with Gasteiger partial charge in [-0.2, -0.15) is 4.72 Å². The molecule has 1 heterocycles. The molecule has 26 heavy (non-hydrogen) atoms. The highest BCUT2D eigenvalue weighted by Crippen LogP contribution is 2.26. The molecule has 0 radical (unpaired) electrons. The maximum absolute atomic E-state index is 12.6. The Morgan fingerprint density at radius 3 is 2.46 bits per heavy atom. The van der Waals surface area contributed by atoms with E-state index in [-0.39, 0.29) is 22.6 Å². The second-order valence-corrected chi connectivity index (χ2v) is 7.47. The zero-order valence-electron chi connectivity index (χ0n) is 13.4. The van der Waals surface area contributed by atoms with Crippen molar-refractivity contribution in [3.8, 4) is 0 Å². The van der Waals surface area contributed by atoms with Gasteiger partial charge in [0.1, 0.15) is 6.04 Å². The number of nitrogens with one attached hydrogen (secondary N) is 2. The average molecular weight is 373 g/mol. The lowest BCUT2D eigenvalue weighted by molar-refractivity contribution is -0.119. The topological polar surface area (TPSA) is 135 Å². The van der Waals surface area contributed by atoms with Crippen LogP contribution in [0.2, 0.25) is 0 Å². The number of anilines is 1. The smallest absolute Gasteiger partial charge is 0.296 e. The van der Waals surface area contributed by atoms with Crippen molar-refractivity contribution in [3.63, 3.8) is 0 Å². The van der Waals surface area contributed by atoms with Crippen LogP contribution >= 0.6 is 0 Å². The van der Waals surface area contributed by atoms with Gasteiger partial charge in [-0.25, -0.2) is 8.42 Å². The number of hydrogen-bond acceptors (Lipinski definition) is 5. The van der Waals surface area contributed by atoms with Gasteiger partial charge in [-0.3, -0.25) is 14.4 Å². The molecule has 3 rings (SSSR count). The SMILES string of the molecule is NC(=O)[C@H](Cc1ccccc1)NS(=O)(=O)c1ccc2c(c1)C(=O)C(=O)N2. The molecule has 0 saturated carbocycles. The Labute approximate surface area is 149 Å². The van der Waals surface area contributed by atoms with E-state index in [4.69, 9.17) is 5.73 Å². The Balaban J connectivity index is 1.87. The van der Waals surface area contributed by atoms with Crippen LogP contribution in [0.25, 0.3) is 0 Å². The van der Waals surface area contributed by atoms with Gasteiger partial charge in [0.05, 0.1) is 16.1 Å². The predicted molar refractivity (Wildman–Crippen MR) is 92.9 cm³/mol. The Morgan fingerprint density at radius 2 is 1.81 bits per heavy atom. The van der Waals surface area contributed by atoms with Gasteiger partial charge in [-0.15, -0.1) is 0 Å². The highest BCUT2D eigenvalue weighted by molar-refractivity contribution is 7.89. The monoisotopic (exact) mass is 373 g/mol. The quantitative estimate of drug-likeness (QED) is 0.622. The zero-order chi connectivity index (χ0) is 18.9. The van der Waals surface area contributed by atoms with E-state index in [1.54, 1.807) is 30.3 Å². The van der Waals surface area contributed by atoms with Crippen molar-refractivity contribution in [1.82, 2.24) is 4.72 Å². The summed E-state index contributed by atoms with van der Waals surface area (Å²) in [6.45, 7) is 0. The Morgan fingerprint density at radius 1 is 1.12 bits per heavy atom. The van der Waals surface area contributed by atoms with Gasteiger partial charge in [0, 0.05) is 0 Å². The predicted octanol–water partition coefficient (Wildman–Crippen LogP) is 0.196. The molecular formula is C17H15N3O5S. The van der Waals surface area contributed by atoms with Gasteiger partial charge < -0.3 is 11.1 Å². The number of nitrogens with two attached hydrogens (primary N) is 1. The first kappa shape index (κ1) is 17.8. The highest BCUT2D eigenvalue weighted by atomic mass is 32.2. The van der Waals surface area contributed by atoms with Crippen LogP contribution in [-0.2, 0) is 26.0 Å². The van der Waals surface area contributed by atoms with Crippen molar-refractivity contribution in [2.24, 2.45) is 5.73 Å². The lowest BCUT2D eigenvalue weighted by Gasteiger charge is -2.16. The number of amides is 2. The molecule has 4 N–H and O–H groups in total. The van der Waals surface area contributed by atoms with E-state index in [0.717, 1.165) is 11.6 Å². The summed E-state index contributed by atoms with van der Waals surface area (Å²) in [5, 5.41) is 2.34. The molecule has 1 aliphatic rings. The molecule has 0 aliphatic carbocycles. The van der Waals surface area contributed by atoms with Crippen LogP contribution in [0.3, 0.4) is 0 Å². The van der Waals surface area contributed by atoms with Gasteiger partial charge in [0.2, 0.25) is 15.9 Å². The number of hydrogen-bond donors (Lipinski definition) is 3. The summed E-state index contributed by atoms with van der Waals surface area (Å²) in [4.78, 5) is 34.6. The number of fused-ring (bicyclic) bond motifs is 1. The fourth-order valence-electron chi connectivity index (χ4n) is 2.59. The molecule has 0 unspecified atom stereocenters. The van der Waals surface area contributed by atoms with Crippen LogP contribution < -0.4 is 15.8 Å². The van der Waals surface area contributed by atoms with Gasteiger partial charge in [-0.1, -0.05) is 30.3 Å². The molecule has 1 aliphatic heterocycles. The Bertz CT molecular complexity index is 1000. The average Bonchev–Trinajstić information content (AvgIpc) is 2.89. The molecule has 0 fully saturated rings. The van der Waals surface area contributed by atoms with Crippen molar-refractivity contribution in [1.29, 1.82) is 0 Å². The summed E-state index contributed by atoms with van der Waals surface area (Å²) >= 11 is 0. The number of primary amides is 1. The van der Waals surface area contributed by atoms with E-state index < -0.39 is 33.7 Å². The van der Waals surface area contributed by atoms with E-state index in [2.05, 4.69) is 10.0 Å². The fourth-order valence-corrected chi connectivity index (χ4v) is 3.82. The summed E-state index contributed by atoms with van der Waals surface area (Å²) < 4.78 is 27.4. The zero-order valence-corrected chi connectivity index (χ0v) is 14.2. The first-order valence-corrected chi connectivity index (χ1v) is 9.11. The van der Waals surface area contributed by atoms with Crippen molar-refractivity contribution in [2.75, 3.05) is 5.32 Å². The maximum Gasteiger partial charge on any atom is 0.296 e. The van der Waals surface area contributed by atoms with E-state index in [1.165, 1.54) is 12.1 Å². The molecule has 2 aromatic carbocycles. The Hall–Kier alpha value is -3.04. The first-order chi connectivity index (χ1) is 12.3. The normalized spacial score (nSPS) is 14.6. The molecule has 0 bridgehead atoms. The third-order valence-corrected chi connectivity index (χ3v) is 5.39. The molecule has 1 atom stereocenters. The minimum Gasteiger partial charge on any atom is -0.368 e. The molecule has 2 aromatic rings. The number of Topliss-reactive ketones (excluding diaryl/α,β-unsaturated/α-hetero) is 1. The second-order valence-electron chi connectivity index (χ2n) is 5.76. The third-order valence-electron chi connectivity index (χ3n) is 3.92. The van der Waals surface area contributed by atoms with E-state index in [0.29, 0.717) is 0 Å². The van der Waals surface area contributed by atoms with Crippen LogP contribution in [0, 0.1) is 0 Å². The standard InChI is InChI=1S/C17H15N3O5S/c18-16(22)14(8-10-4-2-1-3-5-10)20-26(24,25)11-6-7-13-12(9-11)15(21)17(23)19-13/h1-7,9,14,20H,8H2,(H2,18,22)(H,19,21,23)/t14-/m0/s1. The summed E-state index contributed by atoms with van der Waals surface area (Å²) in [5.41, 5.74) is 6.27. The maximum atomic E-state index is 12.6. The molecule has 9 heteroatoms. The lowest BCUT2D eigenvalue weighted by Crippen LogP contribution is -2.45. The Kier molecular flexibility index (Phi) is 4.58. The molecule has 0 spiro atoms. The number of benzene rings is 2. The van der Waals surface area contributed by atoms with Crippen LogP contribution in [0.5, 0.6) is 0 Å². The number of ketones is 1.